The Morgan fingerprint density at radius 3 is 1.47 bits per heavy atom. The van der Waals surface area contributed by atoms with Gasteiger partial charge in [-0.15, -0.1) is 0 Å². The predicted molar refractivity (Wildman–Crippen MR) is 153 cm³/mol. The summed E-state index contributed by atoms with van der Waals surface area (Å²) >= 11 is 0. The van der Waals surface area contributed by atoms with Crippen LogP contribution in [0.3, 0.4) is 0 Å². The average Bonchev–Trinajstić information content (AvgIpc) is 2.93. The van der Waals surface area contributed by atoms with E-state index in [1.165, 1.54) is 38.1 Å². The summed E-state index contributed by atoms with van der Waals surface area (Å²) in [4.78, 5) is 47.7. The number of hydrogen-bond acceptors (Lipinski definition) is 13. The van der Waals surface area contributed by atoms with Crippen molar-refractivity contribution in [2.24, 2.45) is 0 Å². The van der Waals surface area contributed by atoms with Crippen LogP contribution in [0.5, 0.6) is 11.5 Å². The van der Waals surface area contributed by atoms with Crippen molar-refractivity contribution in [3.63, 3.8) is 0 Å². The van der Waals surface area contributed by atoms with Gasteiger partial charge < -0.3 is 24.2 Å². The van der Waals surface area contributed by atoms with Crippen LogP contribution in [0.25, 0.3) is 0 Å². The van der Waals surface area contributed by atoms with Gasteiger partial charge in [-0.05, 0) is 55.7 Å². The van der Waals surface area contributed by atoms with Crippen molar-refractivity contribution in [2.75, 3.05) is 25.9 Å². The molecule has 0 radical (unpaired) electrons. The number of carbonyl (C=O) groups excluding carboxylic acids is 4. The first-order valence-electron chi connectivity index (χ1n) is 13.7. The van der Waals surface area contributed by atoms with Gasteiger partial charge in [0.05, 0.1) is 32.2 Å². The molecule has 13 nitrogen and oxygen atoms in total. The Morgan fingerprint density at radius 2 is 1.14 bits per heavy atom. The molecule has 0 spiro atoms. The summed E-state index contributed by atoms with van der Waals surface area (Å²) < 4.78 is 46.8. The number of carbonyl (C=O) groups is 4. The minimum Gasteiger partial charge on any atom is -0.466 e. The molecule has 0 aliphatic heterocycles. The molecule has 0 aliphatic rings. The lowest BCUT2D eigenvalue weighted by Crippen LogP contribution is -2.18. The van der Waals surface area contributed by atoms with E-state index >= 15 is 0 Å². The minimum absolute atomic E-state index is 0.0515. The van der Waals surface area contributed by atoms with Crippen LogP contribution in [0.15, 0.2) is 48.5 Å². The van der Waals surface area contributed by atoms with Crippen molar-refractivity contribution >= 4 is 31.5 Å². The molecule has 0 fully saturated rings. The lowest BCUT2D eigenvalue weighted by Gasteiger charge is -2.28. The topological polar surface area (TPSA) is 173 Å². The third-order valence-corrected chi connectivity index (χ3v) is 7.65. The summed E-state index contributed by atoms with van der Waals surface area (Å²) in [5.41, 5.74) is 2.82. The van der Waals surface area contributed by atoms with Crippen LogP contribution in [-0.4, -0.2) is 55.0 Å². The largest absolute Gasteiger partial charge is 0.466 e. The Balaban J connectivity index is 2.47. The number of hydroxylamine groups is 1. The van der Waals surface area contributed by atoms with Crippen molar-refractivity contribution in [1.29, 1.82) is 0 Å². The highest BCUT2D eigenvalue weighted by molar-refractivity contribution is 7.53. The zero-order chi connectivity index (χ0) is 31.8. The summed E-state index contributed by atoms with van der Waals surface area (Å²) in [7, 11) is -4.15. The zero-order valence-electron chi connectivity index (χ0n) is 24.6. The normalized spacial score (nSPS) is 13.7. The Bertz CT molecular complexity index is 1160. The molecule has 236 valence electrons. The maximum Gasteiger partial charge on any atom is 0.331 e. The molecular formula is C29H38NO12P. The van der Waals surface area contributed by atoms with Crippen LogP contribution in [0, 0.1) is 0 Å². The molecule has 0 saturated carbocycles. The molecule has 2 atom stereocenters. The summed E-state index contributed by atoms with van der Waals surface area (Å²) in [6.07, 6.45) is -2.95. The van der Waals surface area contributed by atoms with E-state index in [1.807, 2.05) is 5.48 Å². The lowest BCUT2D eigenvalue weighted by atomic mass is 10.1. The third-order valence-electron chi connectivity index (χ3n) is 5.64. The standard InChI is InChI=1S/C29H38NO12P/c1-5-37-28(33)18-26(22-8-12-24(13-9-22)39-20(3)31)41-43(36,17-7-16-30-35)42-27(19-29(34)38-6-2)23-10-14-25(15-11-23)40-21(4)32/h8-15,26-27,30,35H,5-7,16-19H2,1-4H3. The molecule has 2 aromatic carbocycles. The van der Waals surface area contributed by atoms with Crippen molar-refractivity contribution in [3.8, 4) is 11.5 Å². The second-order valence-electron chi connectivity index (χ2n) is 9.13. The van der Waals surface area contributed by atoms with E-state index in [-0.39, 0.29) is 56.7 Å². The first kappa shape index (κ1) is 35.6. The predicted octanol–water partition coefficient (Wildman–Crippen LogP) is 4.82. The van der Waals surface area contributed by atoms with Crippen molar-refractivity contribution in [2.45, 2.75) is 59.2 Å². The molecule has 2 aromatic rings. The first-order chi connectivity index (χ1) is 20.5. The van der Waals surface area contributed by atoms with E-state index in [0.717, 1.165) is 0 Å². The van der Waals surface area contributed by atoms with Crippen LogP contribution in [0.4, 0.5) is 0 Å². The average molecular weight is 624 g/mol. The Hall–Kier alpha value is -3.61. The van der Waals surface area contributed by atoms with Gasteiger partial charge in [-0.3, -0.25) is 32.8 Å². The number of hydrogen-bond donors (Lipinski definition) is 2. The Labute approximate surface area is 250 Å². The van der Waals surface area contributed by atoms with Gasteiger partial charge in [0.1, 0.15) is 23.7 Å². The summed E-state index contributed by atoms with van der Waals surface area (Å²) in [5, 5.41) is 9.10. The van der Waals surface area contributed by atoms with Gasteiger partial charge in [0.2, 0.25) is 0 Å². The van der Waals surface area contributed by atoms with Crippen molar-refractivity contribution < 1.29 is 56.9 Å². The van der Waals surface area contributed by atoms with Crippen LogP contribution < -0.4 is 15.0 Å². The molecule has 2 N–H and O–H groups in total. The fourth-order valence-electron chi connectivity index (χ4n) is 3.88. The second kappa shape index (κ2) is 18.1. The fourth-order valence-corrected chi connectivity index (χ4v) is 5.85. The highest BCUT2D eigenvalue weighted by atomic mass is 31.2. The smallest absolute Gasteiger partial charge is 0.331 e. The number of nitrogens with one attached hydrogen (secondary N) is 1. The van der Waals surface area contributed by atoms with Gasteiger partial charge in [0, 0.05) is 20.4 Å². The molecule has 14 heteroatoms. The van der Waals surface area contributed by atoms with E-state index in [2.05, 4.69) is 0 Å². The lowest BCUT2D eigenvalue weighted by molar-refractivity contribution is -0.145. The van der Waals surface area contributed by atoms with Crippen LogP contribution in [0.1, 0.15) is 70.3 Å². The van der Waals surface area contributed by atoms with Crippen LogP contribution in [0.2, 0.25) is 0 Å². The first-order valence-corrected chi connectivity index (χ1v) is 15.4. The highest BCUT2D eigenvalue weighted by Gasteiger charge is 2.35. The van der Waals surface area contributed by atoms with Crippen molar-refractivity contribution in [1.82, 2.24) is 5.48 Å². The molecule has 0 heterocycles. The third kappa shape index (κ3) is 13.1. The molecular weight excluding hydrogens is 585 g/mol. The van der Waals surface area contributed by atoms with Gasteiger partial charge in [0.25, 0.3) is 0 Å². The van der Waals surface area contributed by atoms with Gasteiger partial charge in [-0.1, -0.05) is 24.3 Å². The highest BCUT2D eigenvalue weighted by Crippen LogP contribution is 2.57. The summed E-state index contributed by atoms with van der Waals surface area (Å²) in [6, 6.07) is 12.2. The maximum atomic E-state index is 14.4. The molecule has 2 unspecified atom stereocenters. The molecule has 0 saturated heterocycles. The SMILES string of the molecule is CCOC(=O)CC(OP(=O)(CCCNO)OC(CC(=O)OCC)c1ccc(OC(C)=O)cc1)c1ccc(OC(C)=O)cc1. The van der Waals surface area contributed by atoms with E-state index in [4.69, 9.17) is 33.2 Å². The van der Waals surface area contributed by atoms with E-state index in [9.17, 15) is 23.7 Å². The second-order valence-corrected chi connectivity index (χ2v) is 11.2. The molecule has 0 bridgehead atoms. The quantitative estimate of drug-likeness (QED) is 0.0761. The summed E-state index contributed by atoms with van der Waals surface area (Å²) in [6.45, 7) is 6.07. The van der Waals surface area contributed by atoms with Gasteiger partial charge in [0.15, 0.2) is 0 Å². The maximum absolute atomic E-state index is 14.4. The number of rotatable bonds is 18. The molecule has 0 aromatic heterocycles. The monoisotopic (exact) mass is 623 g/mol. The Morgan fingerprint density at radius 1 is 0.744 bits per heavy atom. The van der Waals surface area contributed by atoms with E-state index in [0.29, 0.717) is 11.1 Å². The molecule has 2 rings (SSSR count). The minimum atomic E-state index is -4.15. The van der Waals surface area contributed by atoms with Crippen molar-refractivity contribution in [3.05, 3.63) is 59.7 Å². The number of esters is 4. The molecule has 0 amide bonds. The fraction of sp³-hybridized carbons (Fsp3) is 0.448. The van der Waals surface area contributed by atoms with E-state index in [1.54, 1.807) is 38.1 Å². The van der Waals surface area contributed by atoms with E-state index < -0.39 is 43.7 Å². The molecule has 43 heavy (non-hydrogen) atoms. The van der Waals surface area contributed by atoms with Crippen LogP contribution >= 0.6 is 7.60 Å². The van der Waals surface area contributed by atoms with Gasteiger partial charge in [-0.2, -0.15) is 0 Å². The number of benzene rings is 2. The molecule has 0 aliphatic carbocycles. The van der Waals surface area contributed by atoms with Gasteiger partial charge in [-0.25, -0.2) is 5.48 Å². The summed E-state index contributed by atoms with van der Waals surface area (Å²) in [5.74, 6) is -1.77. The number of ether oxygens (including phenoxy) is 4. The zero-order valence-corrected chi connectivity index (χ0v) is 25.5. The Kier molecular flexibility index (Phi) is 15.0. The van der Waals surface area contributed by atoms with Crippen LogP contribution in [-0.2, 0) is 42.3 Å². The van der Waals surface area contributed by atoms with Gasteiger partial charge >= 0.3 is 31.5 Å².